The molecule has 6 nitrogen and oxygen atoms in total. The maximum Gasteiger partial charge on any atom is 0.284 e. The molecule has 0 spiro atoms. The van der Waals surface area contributed by atoms with Gasteiger partial charge in [-0.05, 0) is 54.6 Å². The summed E-state index contributed by atoms with van der Waals surface area (Å²) in [7, 11) is -0.0352. The molecule has 0 unspecified atom stereocenters. The molecule has 1 aliphatic heterocycles. The van der Waals surface area contributed by atoms with E-state index in [9.17, 15) is 13.2 Å². The molecule has 2 aromatic carbocycles. The van der Waals surface area contributed by atoms with Crippen molar-refractivity contribution in [3.8, 4) is 0 Å². The fourth-order valence-electron chi connectivity index (χ4n) is 2.75. The molecule has 2 aromatic rings. The summed E-state index contributed by atoms with van der Waals surface area (Å²) in [5, 5.41) is 0.122. The van der Waals surface area contributed by atoms with E-state index in [1.165, 1.54) is 17.0 Å². The number of nitrogens with zero attached hydrogens (tertiary/aromatic N) is 3. The Balaban J connectivity index is 1.95. The highest BCUT2D eigenvalue weighted by Crippen LogP contribution is 2.34. The Morgan fingerprint density at radius 1 is 1.10 bits per heavy atom. The van der Waals surface area contributed by atoms with Crippen LogP contribution in [0.2, 0.25) is 0 Å². The van der Waals surface area contributed by atoms with E-state index in [4.69, 9.17) is 0 Å². The zero-order chi connectivity index (χ0) is 21.9. The number of hydrogen-bond acceptors (Lipinski definition) is 5. The third-order valence-corrected chi connectivity index (χ3v) is 6.83. The van der Waals surface area contributed by atoms with Gasteiger partial charge in [0, 0.05) is 26.3 Å². The molecule has 0 aliphatic carbocycles. The van der Waals surface area contributed by atoms with Gasteiger partial charge in [0.1, 0.15) is 0 Å². The number of anilines is 1. The van der Waals surface area contributed by atoms with E-state index < -0.39 is 10.0 Å². The van der Waals surface area contributed by atoms with Gasteiger partial charge in [0.15, 0.2) is 5.17 Å². The van der Waals surface area contributed by atoms with Crippen molar-refractivity contribution in [2.75, 3.05) is 25.5 Å². The van der Waals surface area contributed by atoms with Gasteiger partial charge in [-0.25, -0.2) is 0 Å². The van der Waals surface area contributed by atoms with Crippen molar-refractivity contribution < 1.29 is 13.2 Å². The molecule has 156 valence electrons. The van der Waals surface area contributed by atoms with Crippen LogP contribution in [0.5, 0.6) is 0 Å². The maximum absolute atomic E-state index is 12.9. The van der Waals surface area contributed by atoms with Crippen LogP contribution in [0.15, 0.2) is 75.4 Å². The van der Waals surface area contributed by atoms with Gasteiger partial charge in [0.05, 0.1) is 9.80 Å². The summed E-state index contributed by atoms with van der Waals surface area (Å²) in [6.45, 7) is 5.71. The van der Waals surface area contributed by atoms with Gasteiger partial charge in [0.25, 0.3) is 15.9 Å². The SMILES string of the molecule is C=CCN1C(=O)/C(=C/c2ccc(N(C)C)cc2)SC1=NS(=O)(=O)c1ccc(C)cc1. The number of amidine groups is 1. The van der Waals surface area contributed by atoms with Crippen LogP contribution in [0, 0.1) is 6.92 Å². The lowest BCUT2D eigenvalue weighted by atomic mass is 10.2. The fourth-order valence-corrected chi connectivity index (χ4v) is 4.94. The van der Waals surface area contributed by atoms with Crippen LogP contribution in [0.1, 0.15) is 11.1 Å². The minimum absolute atomic E-state index is 0.0869. The number of rotatable bonds is 6. The minimum atomic E-state index is -3.94. The molecule has 0 atom stereocenters. The van der Waals surface area contributed by atoms with E-state index >= 15 is 0 Å². The van der Waals surface area contributed by atoms with E-state index in [0.29, 0.717) is 4.91 Å². The summed E-state index contributed by atoms with van der Waals surface area (Å²) in [6, 6.07) is 14.2. The molecule has 1 aliphatic rings. The summed E-state index contributed by atoms with van der Waals surface area (Å²) in [5.41, 5.74) is 2.84. The number of benzene rings is 2. The number of carbonyl (C=O) groups excluding carboxylic acids is 1. The van der Waals surface area contributed by atoms with E-state index in [0.717, 1.165) is 28.6 Å². The normalized spacial score (nSPS) is 17.0. The summed E-state index contributed by atoms with van der Waals surface area (Å²) in [4.78, 5) is 16.7. The molecule has 1 fully saturated rings. The largest absolute Gasteiger partial charge is 0.378 e. The van der Waals surface area contributed by atoms with Gasteiger partial charge in [-0.3, -0.25) is 9.69 Å². The van der Waals surface area contributed by atoms with Crippen molar-refractivity contribution in [3.63, 3.8) is 0 Å². The van der Waals surface area contributed by atoms with Gasteiger partial charge in [0.2, 0.25) is 0 Å². The second-order valence-electron chi connectivity index (χ2n) is 6.96. The number of carbonyl (C=O) groups is 1. The molecular formula is C22H23N3O3S2. The smallest absolute Gasteiger partial charge is 0.284 e. The Morgan fingerprint density at radius 2 is 1.73 bits per heavy atom. The Morgan fingerprint density at radius 3 is 2.30 bits per heavy atom. The summed E-state index contributed by atoms with van der Waals surface area (Å²) in [5.74, 6) is -0.297. The average molecular weight is 442 g/mol. The number of aryl methyl sites for hydroxylation is 1. The van der Waals surface area contributed by atoms with Crippen LogP contribution < -0.4 is 4.90 Å². The van der Waals surface area contributed by atoms with E-state index in [1.807, 2.05) is 50.2 Å². The topological polar surface area (TPSA) is 70.1 Å². The number of hydrogen-bond donors (Lipinski definition) is 0. The number of sulfonamides is 1. The molecule has 0 bridgehead atoms. The molecule has 1 heterocycles. The highest BCUT2D eigenvalue weighted by molar-refractivity contribution is 8.19. The number of thioether (sulfide) groups is 1. The van der Waals surface area contributed by atoms with Crippen LogP contribution in [-0.4, -0.2) is 45.0 Å². The molecule has 0 N–H and O–H groups in total. The van der Waals surface area contributed by atoms with Gasteiger partial charge >= 0.3 is 0 Å². The zero-order valence-corrected chi connectivity index (χ0v) is 18.7. The second-order valence-corrected chi connectivity index (χ2v) is 9.58. The predicted molar refractivity (Wildman–Crippen MR) is 124 cm³/mol. The van der Waals surface area contributed by atoms with Crippen LogP contribution in [0.3, 0.4) is 0 Å². The lowest BCUT2D eigenvalue weighted by Crippen LogP contribution is -2.29. The monoisotopic (exact) mass is 441 g/mol. The minimum Gasteiger partial charge on any atom is -0.378 e. The van der Waals surface area contributed by atoms with E-state index in [1.54, 1.807) is 24.3 Å². The molecular weight excluding hydrogens is 418 g/mol. The Kier molecular flexibility index (Phi) is 6.48. The van der Waals surface area contributed by atoms with Crippen molar-refractivity contribution in [2.45, 2.75) is 11.8 Å². The fraction of sp³-hybridized carbons (Fsp3) is 0.182. The second kappa shape index (κ2) is 8.89. The highest BCUT2D eigenvalue weighted by atomic mass is 32.2. The lowest BCUT2D eigenvalue weighted by molar-refractivity contribution is -0.121. The van der Waals surface area contributed by atoms with Crippen molar-refractivity contribution in [1.82, 2.24) is 4.90 Å². The van der Waals surface area contributed by atoms with E-state index in [2.05, 4.69) is 11.0 Å². The molecule has 3 rings (SSSR count). The van der Waals surface area contributed by atoms with Crippen molar-refractivity contribution in [3.05, 3.63) is 77.2 Å². The van der Waals surface area contributed by atoms with Gasteiger partial charge < -0.3 is 4.90 Å². The third kappa shape index (κ3) is 4.83. The van der Waals surface area contributed by atoms with Crippen molar-refractivity contribution in [1.29, 1.82) is 0 Å². The maximum atomic E-state index is 12.9. The molecule has 0 saturated carbocycles. The first-order valence-electron chi connectivity index (χ1n) is 9.22. The Bertz CT molecular complexity index is 1120. The van der Waals surface area contributed by atoms with Crippen LogP contribution in [0.4, 0.5) is 5.69 Å². The van der Waals surface area contributed by atoms with Crippen LogP contribution in [0.25, 0.3) is 6.08 Å². The molecule has 1 amide bonds. The number of amides is 1. The molecule has 0 aromatic heterocycles. The van der Waals surface area contributed by atoms with Gasteiger partial charge in [-0.15, -0.1) is 11.0 Å². The summed E-state index contributed by atoms with van der Waals surface area (Å²) in [6.07, 6.45) is 3.28. The first-order valence-corrected chi connectivity index (χ1v) is 11.5. The molecule has 8 heteroatoms. The first-order chi connectivity index (χ1) is 14.2. The zero-order valence-electron chi connectivity index (χ0n) is 17.1. The standard InChI is InChI=1S/C22H23N3O3S2/c1-5-14-25-21(26)20(15-17-8-10-18(11-9-17)24(3)4)29-22(25)23-30(27,28)19-12-6-16(2)7-13-19/h5-13,15H,1,14H2,2-4H3/b20-15-,23-22?. The predicted octanol–water partition coefficient (Wildman–Crippen LogP) is 3.91. The first kappa shape index (κ1) is 21.9. The Labute approximate surface area is 181 Å². The average Bonchev–Trinajstić information content (AvgIpc) is 2.97. The van der Waals surface area contributed by atoms with E-state index in [-0.39, 0.29) is 22.5 Å². The lowest BCUT2D eigenvalue weighted by Gasteiger charge is -2.12. The molecule has 1 saturated heterocycles. The molecule has 30 heavy (non-hydrogen) atoms. The Hall–Kier alpha value is -2.84. The third-order valence-electron chi connectivity index (χ3n) is 4.42. The molecule has 0 radical (unpaired) electrons. The van der Waals surface area contributed by atoms with Crippen LogP contribution >= 0.6 is 11.8 Å². The van der Waals surface area contributed by atoms with Gasteiger partial charge in [-0.1, -0.05) is 35.9 Å². The highest BCUT2D eigenvalue weighted by Gasteiger charge is 2.34. The van der Waals surface area contributed by atoms with Crippen molar-refractivity contribution in [2.24, 2.45) is 4.40 Å². The quantitative estimate of drug-likeness (QED) is 0.502. The summed E-state index contributed by atoms with van der Waals surface area (Å²) >= 11 is 1.05. The summed E-state index contributed by atoms with van der Waals surface area (Å²) < 4.78 is 29.4. The van der Waals surface area contributed by atoms with Gasteiger partial charge in [-0.2, -0.15) is 8.42 Å². The van der Waals surface area contributed by atoms with Crippen LogP contribution in [-0.2, 0) is 14.8 Å². The van der Waals surface area contributed by atoms with Crippen molar-refractivity contribution >= 4 is 44.6 Å².